The summed E-state index contributed by atoms with van der Waals surface area (Å²) in [5, 5.41) is 0. The van der Waals surface area contributed by atoms with Gasteiger partial charge in [0.05, 0.1) is 5.92 Å². The number of benzene rings is 1. The lowest BCUT2D eigenvalue weighted by Crippen LogP contribution is -2.55. The van der Waals surface area contributed by atoms with Gasteiger partial charge in [-0.05, 0) is 70.8 Å². The molecule has 0 bridgehead atoms. The second-order valence-corrected chi connectivity index (χ2v) is 10.8. The Morgan fingerprint density at radius 1 is 1.16 bits per heavy atom. The molecular weight excluding hydrogens is 487 g/mol. The van der Waals surface area contributed by atoms with E-state index in [1.54, 1.807) is 4.90 Å². The van der Waals surface area contributed by atoms with Crippen molar-refractivity contribution in [3.05, 3.63) is 28.2 Å². The van der Waals surface area contributed by atoms with Crippen LogP contribution < -0.4 is 4.90 Å². The molecule has 2 aliphatic rings. The SMILES string of the molecule is CC1CN(c2ccc(Br)cc2CN2CCCC(C(F)(F)F)C2)CCN1C(=O)OC(C)(C)C. The number of hydrogen-bond donors (Lipinski definition) is 0. The van der Waals surface area contributed by atoms with Gasteiger partial charge in [-0.1, -0.05) is 15.9 Å². The summed E-state index contributed by atoms with van der Waals surface area (Å²) in [6.07, 6.45) is -3.70. The summed E-state index contributed by atoms with van der Waals surface area (Å²) >= 11 is 3.51. The number of amides is 1. The van der Waals surface area contributed by atoms with E-state index in [0.29, 0.717) is 39.1 Å². The third-order valence-electron chi connectivity index (χ3n) is 6.00. The maximum Gasteiger partial charge on any atom is 0.410 e. The van der Waals surface area contributed by atoms with Gasteiger partial charge in [-0.2, -0.15) is 13.2 Å². The van der Waals surface area contributed by atoms with Gasteiger partial charge >= 0.3 is 12.3 Å². The number of anilines is 1. The Labute approximate surface area is 197 Å². The molecule has 0 N–H and O–H groups in total. The highest BCUT2D eigenvalue weighted by Gasteiger charge is 2.42. The first kappa shape index (κ1) is 25.1. The van der Waals surface area contributed by atoms with Gasteiger partial charge in [0.2, 0.25) is 0 Å². The molecule has 2 heterocycles. The number of alkyl halides is 3. The average molecular weight is 520 g/mol. The standard InChI is InChI=1S/C23H33BrF3N3O2/c1-16-13-29(10-11-30(16)21(31)32-22(2,3)4)20-8-7-19(24)12-17(20)14-28-9-5-6-18(15-28)23(25,26)27/h7-8,12,16,18H,5-6,9-11,13-15H2,1-4H3. The van der Waals surface area contributed by atoms with Crippen molar-refractivity contribution in [3.8, 4) is 0 Å². The van der Waals surface area contributed by atoms with Crippen molar-refractivity contribution in [2.24, 2.45) is 5.92 Å². The fourth-order valence-corrected chi connectivity index (χ4v) is 4.87. The number of piperidine rings is 1. The average Bonchev–Trinajstić information content (AvgIpc) is 2.66. The van der Waals surface area contributed by atoms with Crippen LogP contribution in [0.2, 0.25) is 0 Å². The largest absolute Gasteiger partial charge is 0.444 e. The van der Waals surface area contributed by atoms with Crippen LogP contribution in [0.15, 0.2) is 22.7 Å². The number of ether oxygens (including phenoxy) is 1. The zero-order valence-corrected chi connectivity index (χ0v) is 20.8. The van der Waals surface area contributed by atoms with E-state index in [1.165, 1.54) is 0 Å². The van der Waals surface area contributed by atoms with Crippen LogP contribution in [0, 0.1) is 5.92 Å². The Hall–Kier alpha value is -1.48. The van der Waals surface area contributed by atoms with Crippen LogP contribution >= 0.6 is 15.9 Å². The van der Waals surface area contributed by atoms with Gasteiger partial charge in [-0.15, -0.1) is 0 Å². The zero-order chi connectivity index (χ0) is 23.7. The van der Waals surface area contributed by atoms with E-state index >= 15 is 0 Å². The molecule has 180 valence electrons. The van der Waals surface area contributed by atoms with Crippen molar-refractivity contribution in [1.82, 2.24) is 9.80 Å². The maximum atomic E-state index is 13.3. The van der Waals surface area contributed by atoms with Crippen LogP contribution in [0.25, 0.3) is 0 Å². The Balaban J connectivity index is 1.71. The van der Waals surface area contributed by atoms with E-state index in [2.05, 4.69) is 20.8 Å². The van der Waals surface area contributed by atoms with Crippen molar-refractivity contribution < 1.29 is 22.7 Å². The second kappa shape index (κ2) is 9.79. The van der Waals surface area contributed by atoms with Crippen LogP contribution in [0.4, 0.5) is 23.7 Å². The van der Waals surface area contributed by atoms with Crippen molar-refractivity contribution in [1.29, 1.82) is 0 Å². The Morgan fingerprint density at radius 2 is 1.88 bits per heavy atom. The van der Waals surface area contributed by atoms with Gasteiger partial charge in [-0.3, -0.25) is 4.90 Å². The first-order chi connectivity index (χ1) is 14.8. The molecule has 0 radical (unpaired) electrons. The van der Waals surface area contributed by atoms with E-state index < -0.39 is 17.7 Å². The molecular formula is C23H33BrF3N3O2. The topological polar surface area (TPSA) is 36.0 Å². The van der Waals surface area contributed by atoms with Gasteiger partial charge in [-0.25, -0.2) is 4.79 Å². The summed E-state index contributed by atoms with van der Waals surface area (Å²) in [5.74, 6) is -1.26. The fourth-order valence-electron chi connectivity index (χ4n) is 4.46. The Kier molecular flexibility index (Phi) is 7.70. The number of likely N-dealkylation sites (tertiary alicyclic amines) is 1. The highest BCUT2D eigenvalue weighted by atomic mass is 79.9. The Morgan fingerprint density at radius 3 is 2.50 bits per heavy atom. The van der Waals surface area contributed by atoms with Crippen LogP contribution in [0.1, 0.15) is 46.1 Å². The molecule has 2 atom stereocenters. The zero-order valence-electron chi connectivity index (χ0n) is 19.2. The first-order valence-corrected chi connectivity index (χ1v) is 11.9. The van der Waals surface area contributed by atoms with Crippen molar-refractivity contribution in [2.45, 2.75) is 64.9 Å². The van der Waals surface area contributed by atoms with Crippen LogP contribution in [0.5, 0.6) is 0 Å². The lowest BCUT2D eigenvalue weighted by atomic mass is 9.97. The predicted molar refractivity (Wildman–Crippen MR) is 123 cm³/mol. The molecule has 2 saturated heterocycles. The number of piperazine rings is 1. The molecule has 2 aliphatic heterocycles. The summed E-state index contributed by atoms with van der Waals surface area (Å²) < 4.78 is 46.2. The minimum Gasteiger partial charge on any atom is -0.444 e. The molecule has 0 spiro atoms. The minimum absolute atomic E-state index is 0.0400. The van der Waals surface area contributed by atoms with Gasteiger partial charge in [0.25, 0.3) is 0 Å². The molecule has 0 aliphatic carbocycles. The summed E-state index contributed by atoms with van der Waals surface area (Å²) in [4.78, 5) is 18.4. The highest BCUT2D eigenvalue weighted by Crippen LogP contribution is 2.35. The molecule has 1 aromatic carbocycles. The van der Waals surface area contributed by atoms with E-state index in [9.17, 15) is 18.0 Å². The number of carbonyl (C=O) groups excluding carboxylic acids is 1. The molecule has 0 saturated carbocycles. The van der Waals surface area contributed by atoms with E-state index in [1.807, 2.05) is 50.8 Å². The van der Waals surface area contributed by atoms with Crippen LogP contribution in [0.3, 0.4) is 0 Å². The van der Waals surface area contributed by atoms with Gasteiger partial charge in [0, 0.05) is 48.9 Å². The number of halogens is 4. The molecule has 3 rings (SSSR count). The molecule has 1 aromatic rings. The lowest BCUT2D eigenvalue weighted by Gasteiger charge is -2.42. The molecule has 1 amide bonds. The van der Waals surface area contributed by atoms with Gasteiger partial charge in [0.1, 0.15) is 5.60 Å². The van der Waals surface area contributed by atoms with Crippen molar-refractivity contribution in [3.63, 3.8) is 0 Å². The summed E-state index contributed by atoms with van der Waals surface area (Å²) in [6, 6.07) is 5.93. The molecule has 2 fully saturated rings. The number of rotatable bonds is 3. The monoisotopic (exact) mass is 519 g/mol. The van der Waals surface area contributed by atoms with E-state index in [4.69, 9.17) is 4.74 Å². The number of nitrogens with zero attached hydrogens (tertiary/aromatic N) is 3. The fraction of sp³-hybridized carbons (Fsp3) is 0.696. The van der Waals surface area contributed by atoms with E-state index in [0.717, 1.165) is 15.7 Å². The van der Waals surface area contributed by atoms with Gasteiger partial charge < -0.3 is 14.5 Å². The predicted octanol–water partition coefficient (Wildman–Crippen LogP) is 5.67. The van der Waals surface area contributed by atoms with Crippen LogP contribution in [-0.4, -0.2) is 66.4 Å². The smallest absolute Gasteiger partial charge is 0.410 e. The third kappa shape index (κ3) is 6.53. The summed E-state index contributed by atoms with van der Waals surface area (Å²) in [7, 11) is 0. The molecule has 0 aromatic heterocycles. The third-order valence-corrected chi connectivity index (χ3v) is 6.49. The molecule has 2 unspecified atom stereocenters. The Bertz CT molecular complexity index is 813. The number of carbonyl (C=O) groups is 1. The summed E-state index contributed by atoms with van der Waals surface area (Å²) in [5.41, 5.74) is 1.47. The van der Waals surface area contributed by atoms with E-state index in [-0.39, 0.29) is 25.1 Å². The van der Waals surface area contributed by atoms with Gasteiger partial charge in [0.15, 0.2) is 0 Å². The molecule has 32 heavy (non-hydrogen) atoms. The van der Waals surface area contributed by atoms with Crippen LogP contribution in [-0.2, 0) is 11.3 Å². The summed E-state index contributed by atoms with van der Waals surface area (Å²) in [6.45, 7) is 10.5. The lowest BCUT2D eigenvalue weighted by molar-refractivity contribution is -0.187. The molecule has 5 nitrogen and oxygen atoms in total. The van der Waals surface area contributed by atoms with Crippen molar-refractivity contribution in [2.75, 3.05) is 37.6 Å². The maximum absolute atomic E-state index is 13.3. The normalized spacial score (nSPS) is 23.4. The highest BCUT2D eigenvalue weighted by molar-refractivity contribution is 9.10. The number of hydrogen-bond acceptors (Lipinski definition) is 4. The first-order valence-electron chi connectivity index (χ1n) is 11.2. The quantitative estimate of drug-likeness (QED) is 0.515. The second-order valence-electron chi connectivity index (χ2n) is 9.86. The molecule has 9 heteroatoms. The van der Waals surface area contributed by atoms with Crippen molar-refractivity contribution >= 4 is 27.7 Å². The minimum atomic E-state index is -4.15.